The Morgan fingerprint density at radius 3 is 2.47 bits per heavy atom. The van der Waals surface area contributed by atoms with Gasteiger partial charge in [-0.3, -0.25) is 19.3 Å². The summed E-state index contributed by atoms with van der Waals surface area (Å²) < 4.78 is 24.9. The van der Waals surface area contributed by atoms with Crippen LogP contribution >= 0.6 is 11.8 Å². The summed E-state index contributed by atoms with van der Waals surface area (Å²) in [7, 11) is 1.47. The molecule has 1 heterocycles. The topological polar surface area (TPSA) is 72.9 Å². The van der Waals surface area contributed by atoms with Crippen molar-refractivity contribution in [3.05, 3.63) is 100 Å². The van der Waals surface area contributed by atoms with Crippen molar-refractivity contribution in [3.63, 3.8) is 0 Å². The maximum Gasteiger partial charge on any atom is 0.293 e. The molecule has 0 spiro atoms. The first-order chi connectivity index (χ1) is 16.5. The van der Waals surface area contributed by atoms with Crippen molar-refractivity contribution >= 4 is 34.8 Å². The first kappa shape index (κ1) is 23.3. The summed E-state index contributed by atoms with van der Waals surface area (Å²) in [6.07, 6.45) is 1.56. The third-order valence-electron chi connectivity index (χ3n) is 5.10. The second kappa shape index (κ2) is 10.4. The van der Waals surface area contributed by atoms with Gasteiger partial charge in [0.2, 0.25) is 0 Å². The second-order valence-electron chi connectivity index (χ2n) is 7.35. The van der Waals surface area contributed by atoms with Crippen molar-refractivity contribution in [1.29, 1.82) is 0 Å². The predicted molar refractivity (Wildman–Crippen MR) is 127 cm³/mol. The number of imide groups is 1. The highest BCUT2D eigenvalue weighted by molar-refractivity contribution is 8.18. The number of benzene rings is 3. The molecular formula is C26H20FNO5S. The fourth-order valence-electron chi connectivity index (χ4n) is 3.31. The molecular weight excluding hydrogens is 457 g/mol. The van der Waals surface area contributed by atoms with E-state index in [4.69, 9.17) is 9.47 Å². The summed E-state index contributed by atoms with van der Waals surface area (Å²) in [6, 6.07) is 19.8. The molecule has 0 aromatic heterocycles. The van der Waals surface area contributed by atoms with E-state index in [1.165, 1.54) is 13.2 Å². The van der Waals surface area contributed by atoms with Gasteiger partial charge in [0.05, 0.1) is 18.6 Å². The molecule has 4 rings (SSSR count). The van der Waals surface area contributed by atoms with Gasteiger partial charge in [-0.25, -0.2) is 4.39 Å². The normalized spacial score (nSPS) is 14.5. The monoisotopic (exact) mass is 477 g/mol. The highest BCUT2D eigenvalue weighted by atomic mass is 32.2. The van der Waals surface area contributed by atoms with Crippen molar-refractivity contribution in [2.24, 2.45) is 0 Å². The van der Waals surface area contributed by atoms with Gasteiger partial charge in [-0.2, -0.15) is 0 Å². The number of rotatable bonds is 8. The minimum atomic E-state index is -0.530. The number of ketones is 1. The minimum Gasteiger partial charge on any atom is -0.493 e. The number of methoxy groups -OCH3 is 1. The molecule has 2 amide bonds. The fourth-order valence-corrected chi connectivity index (χ4v) is 4.15. The standard InChI is InChI=1S/C26H20FNO5S/c1-32-23-13-17(11-12-22(23)33-16-19-9-5-6-10-20(19)27)14-24-25(30)28(26(31)34-24)15-21(29)18-7-3-2-4-8-18/h2-14H,15-16H2,1H3/b24-14+. The molecule has 0 unspecified atom stereocenters. The number of halogens is 1. The van der Waals surface area contributed by atoms with Crippen LogP contribution in [-0.2, 0) is 11.4 Å². The van der Waals surface area contributed by atoms with E-state index < -0.39 is 11.1 Å². The van der Waals surface area contributed by atoms with E-state index in [0.29, 0.717) is 28.2 Å². The Kier molecular flexibility index (Phi) is 7.08. The maximum atomic E-state index is 13.8. The molecule has 1 aliphatic rings. The van der Waals surface area contributed by atoms with Crippen molar-refractivity contribution in [2.75, 3.05) is 13.7 Å². The second-order valence-corrected chi connectivity index (χ2v) is 8.34. The van der Waals surface area contributed by atoms with Crippen LogP contribution in [0.15, 0.2) is 77.7 Å². The molecule has 0 saturated carbocycles. The third-order valence-corrected chi connectivity index (χ3v) is 6.00. The molecule has 3 aromatic rings. The van der Waals surface area contributed by atoms with Crippen molar-refractivity contribution in [2.45, 2.75) is 6.61 Å². The van der Waals surface area contributed by atoms with Gasteiger partial charge >= 0.3 is 0 Å². The Morgan fingerprint density at radius 2 is 1.74 bits per heavy atom. The van der Waals surface area contributed by atoms with E-state index in [9.17, 15) is 18.8 Å². The zero-order valence-corrected chi connectivity index (χ0v) is 19.0. The van der Waals surface area contributed by atoms with Crippen LogP contribution in [0.5, 0.6) is 11.5 Å². The third kappa shape index (κ3) is 5.18. The van der Waals surface area contributed by atoms with Gasteiger partial charge in [0.15, 0.2) is 17.3 Å². The van der Waals surface area contributed by atoms with Crippen LogP contribution in [0, 0.1) is 5.82 Å². The van der Waals surface area contributed by atoms with Gasteiger partial charge in [-0.1, -0.05) is 54.6 Å². The Bertz CT molecular complexity index is 1280. The molecule has 34 heavy (non-hydrogen) atoms. The molecule has 172 valence electrons. The number of hydrogen-bond donors (Lipinski definition) is 0. The van der Waals surface area contributed by atoms with E-state index in [0.717, 1.165) is 16.7 Å². The smallest absolute Gasteiger partial charge is 0.293 e. The molecule has 3 aromatic carbocycles. The molecule has 1 aliphatic heterocycles. The first-order valence-corrected chi connectivity index (χ1v) is 11.2. The average molecular weight is 478 g/mol. The van der Waals surface area contributed by atoms with Gasteiger partial charge in [0.25, 0.3) is 11.1 Å². The van der Waals surface area contributed by atoms with E-state index in [-0.39, 0.29) is 29.7 Å². The van der Waals surface area contributed by atoms with Crippen LogP contribution in [-0.4, -0.2) is 35.5 Å². The lowest BCUT2D eigenvalue weighted by Crippen LogP contribution is -2.33. The summed E-state index contributed by atoms with van der Waals surface area (Å²) in [5.41, 5.74) is 1.45. The molecule has 8 heteroatoms. The summed E-state index contributed by atoms with van der Waals surface area (Å²) in [5.74, 6) is -0.409. The van der Waals surface area contributed by atoms with E-state index in [2.05, 4.69) is 0 Å². The summed E-state index contributed by atoms with van der Waals surface area (Å²) in [4.78, 5) is 38.7. The van der Waals surface area contributed by atoms with Gasteiger partial charge in [0.1, 0.15) is 12.4 Å². The summed E-state index contributed by atoms with van der Waals surface area (Å²) >= 11 is 0.773. The lowest BCUT2D eigenvalue weighted by atomic mass is 10.1. The number of carbonyl (C=O) groups is 3. The molecule has 0 bridgehead atoms. The van der Waals surface area contributed by atoms with Gasteiger partial charge in [-0.05, 0) is 41.6 Å². The SMILES string of the molecule is COc1cc(/C=C2/SC(=O)N(CC(=O)c3ccccc3)C2=O)ccc1OCc1ccccc1F. The molecule has 0 N–H and O–H groups in total. The van der Waals surface area contributed by atoms with E-state index >= 15 is 0 Å². The quantitative estimate of drug-likeness (QED) is 0.322. The molecule has 0 atom stereocenters. The van der Waals surface area contributed by atoms with Gasteiger partial charge in [0, 0.05) is 11.1 Å². The largest absolute Gasteiger partial charge is 0.493 e. The Balaban J connectivity index is 1.47. The van der Waals surface area contributed by atoms with Crippen LogP contribution in [0.2, 0.25) is 0 Å². The average Bonchev–Trinajstić information content (AvgIpc) is 3.11. The molecule has 0 radical (unpaired) electrons. The number of Topliss-reactive ketones (excluding diaryl/α,β-unsaturated/α-hetero) is 1. The number of nitrogens with zero attached hydrogens (tertiary/aromatic N) is 1. The molecule has 1 fully saturated rings. The molecule has 1 saturated heterocycles. The number of thioether (sulfide) groups is 1. The van der Waals surface area contributed by atoms with Gasteiger partial charge in [-0.15, -0.1) is 0 Å². The lowest BCUT2D eigenvalue weighted by molar-refractivity contribution is -0.122. The van der Waals surface area contributed by atoms with Crippen molar-refractivity contribution in [1.82, 2.24) is 4.90 Å². The van der Waals surface area contributed by atoms with Crippen LogP contribution in [0.25, 0.3) is 6.08 Å². The first-order valence-electron chi connectivity index (χ1n) is 10.3. The number of carbonyl (C=O) groups excluding carboxylic acids is 3. The predicted octanol–water partition coefficient (Wildman–Crippen LogP) is 5.33. The zero-order chi connectivity index (χ0) is 24.1. The lowest BCUT2D eigenvalue weighted by Gasteiger charge is -2.12. The highest BCUT2D eigenvalue weighted by Crippen LogP contribution is 2.35. The van der Waals surface area contributed by atoms with Crippen LogP contribution in [0.1, 0.15) is 21.5 Å². The number of hydrogen-bond acceptors (Lipinski definition) is 6. The Labute approximate surface area is 200 Å². The zero-order valence-electron chi connectivity index (χ0n) is 18.2. The maximum absolute atomic E-state index is 13.8. The minimum absolute atomic E-state index is 0.0245. The highest BCUT2D eigenvalue weighted by Gasteiger charge is 2.36. The van der Waals surface area contributed by atoms with Crippen molar-refractivity contribution in [3.8, 4) is 11.5 Å². The van der Waals surface area contributed by atoms with E-state index in [1.54, 1.807) is 72.8 Å². The summed E-state index contributed by atoms with van der Waals surface area (Å²) in [5, 5.41) is -0.502. The van der Waals surface area contributed by atoms with Crippen molar-refractivity contribution < 1.29 is 28.2 Å². The number of ether oxygens (including phenoxy) is 2. The molecule has 0 aliphatic carbocycles. The van der Waals surface area contributed by atoms with Gasteiger partial charge < -0.3 is 9.47 Å². The summed E-state index contributed by atoms with van der Waals surface area (Å²) in [6.45, 7) is -0.297. The van der Waals surface area contributed by atoms with E-state index in [1.807, 2.05) is 0 Å². The fraction of sp³-hybridized carbons (Fsp3) is 0.115. The number of amides is 2. The van der Waals surface area contributed by atoms with Crippen LogP contribution in [0.3, 0.4) is 0 Å². The molecule has 6 nitrogen and oxygen atoms in total. The van der Waals surface area contributed by atoms with Crippen LogP contribution < -0.4 is 9.47 Å². The Hall–Kier alpha value is -3.91. The Morgan fingerprint density at radius 1 is 1.00 bits per heavy atom. The van der Waals surface area contributed by atoms with Crippen LogP contribution in [0.4, 0.5) is 9.18 Å².